The molecule has 0 aromatic carbocycles. The number of rotatable bonds is 3. The van der Waals surface area contributed by atoms with E-state index in [1.54, 1.807) is 0 Å². The van der Waals surface area contributed by atoms with Gasteiger partial charge in [-0.15, -0.1) is 0 Å². The van der Waals surface area contributed by atoms with E-state index in [2.05, 4.69) is 17.3 Å². The van der Waals surface area contributed by atoms with Crippen molar-refractivity contribution in [1.29, 1.82) is 0 Å². The van der Waals surface area contributed by atoms with Crippen LogP contribution in [-0.2, 0) is 0 Å². The molecule has 1 aliphatic heterocycles. The van der Waals surface area contributed by atoms with Crippen LogP contribution < -0.4 is 11.1 Å². The Labute approximate surface area is 93.4 Å². The number of nitrogens with two attached hydrogens (primary N) is 1. The van der Waals surface area contributed by atoms with Crippen molar-refractivity contribution in [1.82, 2.24) is 10.2 Å². The van der Waals surface area contributed by atoms with Crippen LogP contribution in [-0.4, -0.2) is 43.2 Å². The Hall–Kier alpha value is -0.120. The van der Waals surface area contributed by atoms with Crippen molar-refractivity contribution in [2.75, 3.05) is 20.1 Å². The molecule has 1 saturated heterocycles. The Kier molecular flexibility index (Phi) is 4.00. The van der Waals surface area contributed by atoms with Crippen LogP contribution in [0.5, 0.6) is 0 Å². The molecule has 2 aliphatic rings. The minimum Gasteiger partial charge on any atom is -0.328 e. The lowest BCUT2D eigenvalue weighted by atomic mass is 10.0. The summed E-state index contributed by atoms with van der Waals surface area (Å²) in [7, 11) is 2.26. The van der Waals surface area contributed by atoms with Crippen molar-refractivity contribution in [2.45, 2.75) is 56.7 Å². The highest BCUT2D eigenvalue weighted by Gasteiger charge is 2.24. The van der Waals surface area contributed by atoms with Crippen LogP contribution in [0.4, 0.5) is 0 Å². The number of likely N-dealkylation sites (N-methyl/N-ethyl adjacent to an activating group) is 1. The van der Waals surface area contributed by atoms with Gasteiger partial charge in [0.1, 0.15) is 0 Å². The first-order valence-electron chi connectivity index (χ1n) is 6.45. The Morgan fingerprint density at radius 3 is 2.80 bits per heavy atom. The summed E-state index contributed by atoms with van der Waals surface area (Å²) in [6.07, 6.45) is 7.80. The molecule has 3 heteroatoms. The van der Waals surface area contributed by atoms with Crippen LogP contribution in [0.3, 0.4) is 0 Å². The normalized spacial score (nSPS) is 38.4. The third kappa shape index (κ3) is 3.16. The largest absolute Gasteiger partial charge is 0.328 e. The predicted octanol–water partition coefficient (Wildman–Crippen LogP) is 0.940. The molecule has 0 aromatic heterocycles. The van der Waals surface area contributed by atoms with E-state index in [0.717, 1.165) is 12.6 Å². The van der Waals surface area contributed by atoms with Gasteiger partial charge in [0.15, 0.2) is 0 Å². The number of nitrogens with one attached hydrogen (secondary N) is 1. The molecule has 3 unspecified atom stereocenters. The summed E-state index contributed by atoms with van der Waals surface area (Å²) in [5.41, 5.74) is 5.91. The minimum atomic E-state index is 0.451. The van der Waals surface area contributed by atoms with Crippen LogP contribution >= 0.6 is 0 Å². The van der Waals surface area contributed by atoms with Gasteiger partial charge in [0.05, 0.1) is 0 Å². The molecule has 0 aromatic rings. The van der Waals surface area contributed by atoms with E-state index >= 15 is 0 Å². The van der Waals surface area contributed by atoms with Crippen LogP contribution in [0.1, 0.15) is 38.5 Å². The molecule has 2 rings (SSSR count). The molecule has 1 saturated carbocycles. The first kappa shape index (κ1) is 11.4. The van der Waals surface area contributed by atoms with Gasteiger partial charge in [0, 0.05) is 24.7 Å². The van der Waals surface area contributed by atoms with E-state index in [1.165, 1.54) is 45.1 Å². The van der Waals surface area contributed by atoms with Crippen molar-refractivity contribution in [2.24, 2.45) is 5.73 Å². The molecule has 3 atom stereocenters. The fraction of sp³-hybridized carbons (Fsp3) is 1.00. The first-order valence-corrected chi connectivity index (χ1v) is 6.45. The van der Waals surface area contributed by atoms with Gasteiger partial charge in [0.25, 0.3) is 0 Å². The standard InChI is InChI=1S/C12H25N3/c1-15-7-3-2-4-12(15)9-14-11-6-5-10(13)8-11/h10-12,14H,2-9,13H2,1H3. The van der Waals surface area contributed by atoms with Crippen LogP contribution in [0.15, 0.2) is 0 Å². The summed E-state index contributed by atoms with van der Waals surface area (Å²) in [5.74, 6) is 0. The predicted molar refractivity (Wildman–Crippen MR) is 63.9 cm³/mol. The van der Waals surface area contributed by atoms with E-state index in [0.29, 0.717) is 12.1 Å². The van der Waals surface area contributed by atoms with Crippen molar-refractivity contribution >= 4 is 0 Å². The zero-order valence-electron chi connectivity index (χ0n) is 9.91. The number of piperidine rings is 1. The summed E-state index contributed by atoms with van der Waals surface area (Å²) >= 11 is 0. The van der Waals surface area contributed by atoms with Gasteiger partial charge in [-0.2, -0.15) is 0 Å². The van der Waals surface area contributed by atoms with Crippen LogP contribution in [0, 0.1) is 0 Å². The maximum absolute atomic E-state index is 5.91. The molecule has 15 heavy (non-hydrogen) atoms. The number of hydrogen-bond donors (Lipinski definition) is 2. The lowest BCUT2D eigenvalue weighted by Crippen LogP contribution is -2.45. The lowest BCUT2D eigenvalue weighted by molar-refractivity contribution is 0.178. The fourth-order valence-electron chi connectivity index (χ4n) is 2.91. The van der Waals surface area contributed by atoms with E-state index in [9.17, 15) is 0 Å². The third-order valence-electron chi connectivity index (χ3n) is 4.04. The topological polar surface area (TPSA) is 41.3 Å². The molecule has 1 heterocycles. The molecular formula is C12H25N3. The summed E-state index contributed by atoms with van der Waals surface area (Å²) in [5, 5.41) is 3.69. The number of nitrogens with zero attached hydrogens (tertiary/aromatic N) is 1. The van der Waals surface area contributed by atoms with Gasteiger partial charge in [-0.05, 0) is 45.7 Å². The molecule has 88 valence electrons. The van der Waals surface area contributed by atoms with Gasteiger partial charge < -0.3 is 16.0 Å². The SMILES string of the molecule is CN1CCCCC1CNC1CCC(N)C1. The second-order valence-electron chi connectivity index (χ2n) is 5.31. The quantitative estimate of drug-likeness (QED) is 0.730. The highest BCUT2D eigenvalue weighted by Crippen LogP contribution is 2.19. The van der Waals surface area contributed by atoms with Gasteiger partial charge >= 0.3 is 0 Å². The molecule has 0 amide bonds. The highest BCUT2D eigenvalue weighted by molar-refractivity contribution is 4.85. The average molecular weight is 211 g/mol. The van der Waals surface area contributed by atoms with Gasteiger partial charge in [0.2, 0.25) is 0 Å². The summed E-state index contributed by atoms with van der Waals surface area (Å²) in [4.78, 5) is 2.51. The highest BCUT2D eigenvalue weighted by atomic mass is 15.2. The molecule has 3 N–H and O–H groups in total. The molecule has 1 aliphatic carbocycles. The second kappa shape index (κ2) is 5.28. The molecule has 0 radical (unpaired) electrons. The van der Waals surface area contributed by atoms with E-state index < -0.39 is 0 Å². The van der Waals surface area contributed by atoms with Crippen LogP contribution in [0.25, 0.3) is 0 Å². The molecule has 3 nitrogen and oxygen atoms in total. The number of likely N-dealkylation sites (tertiary alicyclic amines) is 1. The summed E-state index contributed by atoms with van der Waals surface area (Å²) < 4.78 is 0. The minimum absolute atomic E-state index is 0.451. The van der Waals surface area contributed by atoms with Crippen molar-refractivity contribution in [3.63, 3.8) is 0 Å². The first-order chi connectivity index (χ1) is 7.25. The molecular weight excluding hydrogens is 186 g/mol. The average Bonchev–Trinajstić information content (AvgIpc) is 2.63. The summed E-state index contributed by atoms with van der Waals surface area (Å²) in [6.45, 7) is 2.43. The van der Waals surface area contributed by atoms with E-state index in [-0.39, 0.29) is 0 Å². The van der Waals surface area contributed by atoms with Crippen LogP contribution in [0.2, 0.25) is 0 Å². The maximum atomic E-state index is 5.91. The van der Waals surface area contributed by atoms with Gasteiger partial charge in [-0.1, -0.05) is 6.42 Å². The lowest BCUT2D eigenvalue weighted by Gasteiger charge is -2.33. The van der Waals surface area contributed by atoms with Crippen molar-refractivity contribution < 1.29 is 0 Å². The smallest absolute Gasteiger partial charge is 0.0217 e. The van der Waals surface area contributed by atoms with Gasteiger partial charge in [-0.25, -0.2) is 0 Å². The molecule has 2 fully saturated rings. The Bertz CT molecular complexity index is 195. The van der Waals surface area contributed by atoms with Crippen molar-refractivity contribution in [3.05, 3.63) is 0 Å². The molecule has 0 bridgehead atoms. The maximum Gasteiger partial charge on any atom is 0.0217 e. The molecule has 0 spiro atoms. The summed E-state index contributed by atoms with van der Waals surface area (Å²) in [6, 6.07) is 1.90. The monoisotopic (exact) mass is 211 g/mol. The van der Waals surface area contributed by atoms with E-state index in [4.69, 9.17) is 5.73 Å². The Morgan fingerprint density at radius 2 is 2.13 bits per heavy atom. The fourth-order valence-corrected chi connectivity index (χ4v) is 2.91. The van der Waals surface area contributed by atoms with E-state index in [1.807, 2.05) is 0 Å². The Morgan fingerprint density at radius 1 is 1.27 bits per heavy atom. The second-order valence-corrected chi connectivity index (χ2v) is 5.31. The van der Waals surface area contributed by atoms with Crippen molar-refractivity contribution in [3.8, 4) is 0 Å². The third-order valence-corrected chi connectivity index (χ3v) is 4.04. The zero-order valence-corrected chi connectivity index (χ0v) is 9.91. The zero-order chi connectivity index (χ0) is 10.7. The number of hydrogen-bond acceptors (Lipinski definition) is 3. The van der Waals surface area contributed by atoms with Gasteiger partial charge in [-0.3, -0.25) is 0 Å². The Balaban J connectivity index is 1.68.